The first kappa shape index (κ1) is 31.3. The fraction of sp³-hybridized carbons (Fsp3) is 0.909. The summed E-state index contributed by atoms with van der Waals surface area (Å²) in [6.07, 6.45) is 12.1. The van der Waals surface area contributed by atoms with E-state index in [1.54, 1.807) is 0 Å². The Morgan fingerprint density at radius 1 is 0.875 bits per heavy atom. The zero-order valence-corrected chi connectivity index (χ0v) is 25.5. The second-order valence-electron chi connectivity index (χ2n) is 15.2. The van der Waals surface area contributed by atoms with Crippen LogP contribution in [0.2, 0.25) is 0 Å². The molecule has 0 aromatic carbocycles. The van der Waals surface area contributed by atoms with Gasteiger partial charge in [0.05, 0.1) is 12.8 Å². The predicted molar refractivity (Wildman–Crippen MR) is 152 cm³/mol. The number of hydrogen-bond donors (Lipinski definition) is 3. The number of aliphatic carboxylic acids is 2. The average Bonchev–Trinajstić information content (AvgIpc) is 3.20. The third-order valence-electron chi connectivity index (χ3n) is 12.4. The summed E-state index contributed by atoms with van der Waals surface area (Å²) in [5.41, 5.74) is -1.95. The Morgan fingerprint density at radius 3 is 2.20 bits per heavy atom. The predicted octanol–water partition coefficient (Wildman–Crippen LogP) is 6.70. The highest BCUT2D eigenvalue weighted by atomic mass is 16.5. The van der Waals surface area contributed by atoms with Crippen LogP contribution in [-0.4, -0.2) is 44.9 Å². The molecular weight excluding hydrogens is 508 g/mol. The highest BCUT2D eigenvalue weighted by Gasteiger charge is 2.60. The quantitative estimate of drug-likeness (QED) is 0.240. The Labute approximate surface area is 240 Å². The van der Waals surface area contributed by atoms with Crippen LogP contribution in [-0.2, 0) is 19.1 Å². The number of carboxylic acids is 2. The first-order valence-corrected chi connectivity index (χ1v) is 16.1. The van der Waals surface area contributed by atoms with Crippen LogP contribution in [0.4, 0.5) is 0 Å². The lowest BCUT2D eigenvalue weighted by Gasteiger charge is -2.61. The van der Waals surface area contributed by atoms with Gasteiger partial charge in [0.15, 0.2) is 5.60 Å². The van der Waals surface area contributed by atoms with Crippen molar-refractivity contribution in [2.75, 3.05) is 0 Å². The number of hydrogen-bond acceptors (Lipinski definition) is 5. The van der Waals surface area contributed by atoms with Crippen molar-refractivity contribution in [2.45, 2.75) is 136 Å². The van der Waals surface area contributed by atoms with Crippen LogP contribution in [0.3, 0.4) is 0 Å². The van der Waals surface area contributed by atoms with Crippen molar-refractivity contribution in [3.63, 3.8) is 0 Å². The van der Waals surface area contributed by atoms with E-state index >= 15 is 0 Å². The Balaban J connectivity index is 1.36. The van der Waals surface area contributed by atoms with Crippen LogP contribution in [0.1, 0.15) is 125 Å². The number of aliphatic hydroxyl groups is 1. The van der Waals surface area contributed by atoms with Crippen molar-refractivity contribution in [1.29, 1.82) is 0 Å². The molecule has 0 radical (unpaired) electrons. The standard InChI is InChI=1S/C33H54O7/c1-20(2)7-6-8-21(3)25-11-12-26-24-10-9-22-17-23(13-15-31(22,4)27(24)14-16-32(25,26)5)40-29(36)19-33(39,30(37)38)18-28(34)35/h20-27,39H,6-19H2,1-5H3,(H,34,35)(H,37,38)/t21-,22?,23+,24+,25-,26+,27+,31+,32-,33?/m1/s1. The maximum Gasteiger partial charge on any atom is 0.336 e. The third-order valence-corrected chi connectivity index (χ3v) is 12.4. The van der Waals surface area contributed by atoms with Crippen molar-refractivity contribution >= 4 is 17.9 Å². The second-order valence-corrected chi connectivity index (χ2v) is 15.2. The van der Waals surface area contributed by atoms with Crippen molar-refractivity contribution < 1.29 is 34.4 Å². The third kappa shape index (κ3) is 6.10. The minimum atomic E-state index is -2.65. The highest BCUT2D eigenvalue weighted by Crippen LogP contribution is 2.68. The van der Waals surface area contributed by atoms with Crippen molar-refractivity contribution in [2.24, 2.45) is 52.3 Å². The van der Waals surface area contributed by atoms with Crippen LogP contribution in [0, 0.1) is 52.3 Å². The number of carbonyl (C=O) groups is 3. The summed E-state index contributed by atoms with van der Waals surface area (Å²) in [5, 5.41) is 28.5. The zero-order chi connectivity index (χ0) is 29.5. The van der Waals surface area contributed by atoms with Gasteiger partial charge >= 0.3 is 17.9 Å². The molecule has 4 rings (SSSR count). The molecule has 0 aromatic rings. The summed E-state index contributed by atoms with van der Waals surface area (Å²) < 4.78 is 5.67. The topological polar surface area (TPSA) is 121 Å². The van der Waals surface area contributed by atoms with E-state index in [-0.39, 0.29) is 11.5 Å². The van der Waals surface area contributed by atoms with E-state index < -0.39 is 36.4 Å². The molecule has 2 unspecified atom stereocenters. The molecule has 4 fully saturated rings. The normalized spacial score (nSPS) is 39.4. The lowest BCUT2D eigenvalue weighted by Crippen LogP contribution is -2.54. The van der Waals surface area contributed by atoms with Crippen molar-refractivity contribution in [3.8, 4) is 0 Å². The number of carbonyl (C=O) groups excluding carboxylic acids is 1. The van der Waals surface area contributed by atoms with Gasteiger partial charge in [-0.15, -0.1) is 0 Å². The van der Waals surface area contributed by atoms with Gasteiger partial charge in [0.25, 0.3) is 0 Å². The first-order valence-electron chi connectivity index (χ1n) is 16.1. The Hall–Kier alpha value is -1.63. The van der Waals surface area contributed by atoms with Gasteiger partial charge in [-0.25, -0.2) is 4.79 Å². The Kier molecular flexibility index (Phi) is 9.34. The van der Waals surface area contributed by atoms with Crippen LogP contribution >= 0.6 is 0 Å². The number of ether oxygens (including phenoxy) is 1. The number of rotatable bonds is 11. The fourth-order valence-electron chi connectivity index (χ4n) is 10.3. The van der Waals surface area contributed by atoms with Gasteiger partial charge in [-0.3, -0.25) is 9.59 Å². The fourth-order valence-corrected chi connectivity index (χ4v) is 10.3. The Bertz CT molecular complexity index is 947. The molecule has 40 heavy (non-hydrogen) atoms. The van der Waals surface area contributed by atoms with E-state index in [2.05, 4.69) is 34.6 Å². The largest absolute Gasteiger partial charge is 0.481 e. The zero-order valence-electron chi connectivity index (χ0n) is 25.5. The molecule has 0 bridgehead atoms. The maximum absolute atomic E-state index is 12.6. The van der Waals surface area contributed by atoms with Crippen LogP contribution in [0.15, 0.2) is 0 Å². The number of esters is 1. The lowest BCUT2D eigenvalue weighted by atomic mass is 9.44. The van der Waals surface area contributed by atoms with Crippen molar-refractivity contribution in [1.82, 2.24) is 0 Å². The molecule has 7 heteroatoms. The van der Waals surface area contributed by atoms with Gasteiger partial charge in [-0.1, -0.05) is 53.9 Å². The molecule has 0 saturated heterocycles. The molecule has 10 atom stereocenters. The van der Waals surface area contributed by atoms with E-state index in [0.29, 0.717) is 17.3 Å². The summed E-state index contributed by atoms with van der Waals surface area (Å²) in [4.78, 5) is 35.1. The van der Waals surface area contributed by atoms with Crippen LogP contribution < -0.4 is 0 Å². The first-order chi connectivity index (χ1) is 18.7. The molecule has 228 valence electrons. The SMILES string of the molecule is CC(C)CCC[C@@H](C)[C@H]1CC[C@H]2[C@@H]3CCC4C[C@@H](OC(=O)CC(O)(CC(=O)O)C(=O)O)CC[C@]4(C)[C@H]3CC[C@]12C. The molecule has 0 amide bonds. The monoisotopic (exact) mass is 562 g/mol. The second kappa shape index (κ2) is 11.9. The number of carboxylic acid groups (broad SMARTS) is 2. The summed E-state index contributed by atoms with van der Waals surface area (Å²) in [6, 6.07) is 0. The molecule has 0 aromatic heterocycles. The molecule has 7 nitrogen and oxygen atoms in total. The van der Waals surface area contributed by atoms with E-state index in [0.717, 1.165) is 55.3 Å². The van der Waals surface area contributed by atoms with Gasteiger partial charge in [-0.2, -0.15) is 0 Å². The van der Waals surface area contributed by atoms with E-state index in [1.807, 2.05) is 0 Å². The summed E-state index contributed by atoms with van der Waals surface area (Å²) in [7, 11) is 0. The molecule has 4 aliphatic rings. The van der Waals surface area contributed by atoms with Gasteiger partial charge in [0, 0.05) is 0 Å². The molecular formula is C33H54O7. The lowest BCUT2D eigenvalue weighted by molar-refractivity contribution is -0.177. The van der Waals surface area contributed by atoms with E-state index in [9.17, 15) is 24.6 Å². The highest BCUT2D eigenvalue weighted by molar-refractivity contribution is 5.88. The van der Waals surface area contributed by atoms with E-state index in [4.69, 9.17) is 9.84 Å². The van der Waals surface area contributed by atoms with Crippen LogP contribution in [0.25, 0.3) is 0 Å². The van der Waals surface area contributed by atoms with Gasteiger partial charge in [0.1, 0.15) is 6.10 Å². The maximum atomic E-state index is 12.6. The van der Waals surface area contributed by atoms with Crippen molar-refractivity contribution in [3.05, 3.63) is 0 Å². The van der Waals surface area contributed by atoms with Gasteiger partial charge in [-0.05, 0) is 110 Å². The summed E-state index contributed by atoms with van der Waals surface area (Å²) >= 11 is 0. The molecule has 4 aliphatic carbocycles. The number of fused-ring (bicyclic) bond motifs is 5. The molecule has 0 spiro atoms. The summed E-state index contributed by atoms with van der Waals surface area (Å²) in [5.74, 6) is 1.20. The molecule has 4 saturated carbocycles. The molecule has 3 N–H and O–H groups in total. The minimum absolute atomic E-state index is 0.235. The smallest absolute Gasteiger partial charge is 0.336 e. The average molecular weight is 563 g/mol. The Morgan fingerprint density at radius 2 is 1.55 bits per heavy atom. The molecule has 0 heterocycles. The van der Waals surface area contributed by atoms with Gasteiger partial charge < -0.3 is 20.1 Å². The van der Waals surface area contributed by atoms with E-state index in [1.165, 1.54) is 51.4 Å². The van der Waals surface area contributed by atoms with Gasteiger partial charge in [0.2, 0.25) is 0 Å². The minimum Gasteiger partial charge on any atom is -0.481 e. The molecule has 0 aliphatic heterocycles. The van der Waals surface area contributed by atoms with Crippen LogP contribution in [0.5, 0.6) is 0 Å². The summed E-state index contributed by atoms with van der Waals surface area (Å²) in [6.45, 7) is 12.3.